The number of nitrogens with two attached hydrogens (primary N) is 1. The van der Waals surface area contributed by atoms with Crippen LogP contribution in [0, 0.1) is 0 Å². The molecule has 1 amide bonds. The number of rotatable bonds is 2. The molecule has 1 aromatic rings. The predicted molar refractivity (Wildman–Crippen MR) is 64.4 cm³/mol. The number of benzene rings is 1. The summed E-state index contributed by atoms with van der Waals surface area (Å²) in [5.41, 5.74) is 6.90. The second-order valence-corrected chi connectivity index (χ2v) is 5.09. The van der Waals surface area contributed by atoms with Gasteiger partial charge in [-0.2, -0.15) is 0 Å². The van der Waals surface area contributed by atoms with Crippen LogP contribution in [0.15, 0.2) is 21.1 Å². The van der Waals surface area contributed by atoms with Crippen molar-refractivity contribution < 1.29 is 4.79 Å². The van der Waals surface area contributed by atoms with Crippen LogP contribution in [0.2, 0.25) is 0 Å². The average Bonchev–Trinajstić information content (AvgIpc) is 2.01. The van der Waals surface area contributed by atoms with Crippen molar-refractivity contribution >= 4 is 37.8 Å². The van der Waals surface area contributed by atoms with Crippen molar-refractivity contribution in [3.8, 4) is 0 Å². The molecule has 1 aromatic carbocycles. The summed E-state index contributed by atoms with van der Waals surface area (Å²) in [7, 11) is 0. The first-order valence-electron chi connectivity index (χ1n) is 4.22. The molecule has 0 saturated carbocycles. The van der Waals surface area contributed by atoms with Crippen molar-refractivity contribution in [2.75, 3.05) is 0 Å². The third kappa shape index (κ3) is 2.36. The van der Waals surface area contributed by atoms with Gasteiger partial charge in [-0.05, 0) is 55.5 Å². The van der Waals surface area contributed by atoms with Gasteiger partial charge in [-0.1, -0.05) is 13.8 Å². The standard InChI is InChI=1S/C10H11Br2NO/c1-5(2)6-3-7(11)9(10(13)14)8(12)4-6/h3-5H,1-2H3,(H2,13,14). The van der Waals surface area contributed by atoms with Crippen molar-refractivity contribution in [2.24, 2.45) is 5.73 Å². The van der Waals surface area contributed by atoms with E-state index in [1.807, 2.05) is 12.1 Å². The minimum Gasteiger partial charge on any atom is -0.366 e. The van der Waals surface area contributed by atoms with Gasteiger partial charge in [-0.25, -0.2) is 0 Å². The summed E-state index contributed by atoms with van der Waals surface area (Å²) in [5, 5.41) is 0. The maximum absolute atomic E-state index is 11.1. The molecular formula is C10H11Br2NO. The molecule has 0 aliphatic carbocycles. The topological polar surface area (TPSA) is 43.1 Å². The molecule has 0 saturated heterocycles. The molecule has 76 valence electrons. The molecule has 0 spiro atoms. The van der Waals surface area contributed by atoms with E-state index in [1.165, 1.54) is 0 Å². The number of carbonyl (C=O) groups excluding carboxylic acids is 1. The Morgan fingerprint density at radius 3 is 2.00 bits per heavy atom. The van der Waals surface area contributed by atoms with Crippen LogP contribution in [0.4, 0.5) is 0 Å². The molecule has 2 N–H and O–H groups in total. The number of hydrogen-bond donors (Lipinski definition) is 1. The van der Waals surface area contributed by atoms with Crippen LogP contribution in [0.1, 0.15) is 35.7 Å². The first-order valence-corrected chi connectivity index (χ1v) is 5.80. The van der Waals surface area contributed by atoms with Crippen LogP contribution in [0.25, 0.3) is 0 Å². The maximum Gasteiger partial charge on any atom is 0.250 e. The van der Waals surface area contributed by atoms with E-state index >= 15 is 0 Å². The molecule has 0 atom stereocenters. The van der Waals surface area contributed by atoms with Gasteiger partial charge in [-0.3, -0.25) is 4.79 Å². The lowest BCUT2D eigenvalue weighted by molar-refractivity contribution is 0.0999. The maximum atomic E-state index is 11.1. The van der Waals surface area contributed by atoms with E-state index < -0.39 is 5.91 Å². The van der Waals surface area contributed by atoms with Crippen molar-refractivity contribution in [1.82, 2.24) is 0 Å². The Hall–Kier alpha value is -0.350. The van der Waals surface area contributed by atoms with Gasteiger partial charge >= 0.3 is 0 Å². The second kappa shape index (κ2) is 4.45. The van der Waals surface area contributed by atoms with Crippen molar-refractivity contribution in [3.63, 3.8) is 0 Å². The smallest absolute Gasteiger partial charge is 0.250 e. The molecular weight excluding hydrogens is 310 g/mol. The SMILES string of the molecule is CC(C)c1cc(Br)c(C(N)=O)c(Br)c1. The predicted octanol–water partition coefficient (Wildman–Crippen LogP) is 3.43. The first kappa shape index (κ1) is 11.7. The molecule has 4 heteroatoms. The second-order valence-electron chi connectivity index (χ2n) is 3.38. The highest BCUT2D eigenvalue weighted by molar-refractivity contribution is 9.11. The van der Waals surface area contributed by atoms with Crippen LogP contribution in [-0.2, 0) is 0 Å². The lowest BCUT2D eigenvalue weighted by Gasteiger charge is -2.10. The molecule has 0 aliphatic rings. The summed E-state index contributed by atoms with van der Waals surface area (Å²) in [6, 6.07) is 3.85. The van der Waals surface area contributed by atoms with Gasteiger partial charge in [0.1, 0.15) is 0 Å². The van der Waals surface area contributed by atoms with Crippen LogP contribution >= 0.6 is 31.9 Å². The molecule has 0 unspecified atom stereocenters. The van der Waals surface area contributed by atoms with Gasteiger partial charge in [-0.15, -0.1) is 0 Å². The molecule has 0 bridgehead atoms. The Morgan fingerprint density at radius 1 is 1.29 bits per heavy atom. The third-order valence-corrected chi connectivity index (χ3v) is 3.23. The normalized spacial score (nSPS) is 10.6. The summed E-state index contributed by atoms with van der Waals surface area (Å²) in [5.74, 6) is -0.0106. The van der Waals surface area contributed by atoms with Gasteiger partial charge in [0.15, 0.2) is 0 Å². The highest BCUT2D eigenvalue weighted by Crippen LogP contribution is 2.29. The van der Waals surface area contributed by atoms with E-state index in [4.69, 9.17) is 5.73 Å². The summed E-state index contributed by atoms with van der Waals surface area (Å²) < 4.78 is 1.48. The van der Waals surface area contributed by atoms with Gasteiger partial charge in [0, 0.05) is 8.95 Å². The summed E-state index contributed by atoms with van der Waals surface area (Å²) in [6.07, 6.45) is 0. The summed E-state index contributed by atoms with van der Waals surface area (Å²) in [6.45, 7) is 4.19. The lowest BCUT2D eigenvalue weighted by Crippen LogP contribution is -2.13. The van der Waals surface area contributed by atoms with E-state index in [0.717, 1.165) is 14.5 Å². The Bertz CT molecular complexity index is 351. The zero-order valence-corrected chi connectivity index (χ0v) is 11.1. The molecule has 14 heavy (non-hydrogen) atoms. The quantitative estimate of drug-likeness (QED) is 0.891. The summed E-state index contributed by atoms with van der Waals surface area (Å²) >= 11 is 6.67. The van der Waals surface area contributed by atoms with Crippen LogP contribution in [-0.4, -0.2) is 5.91 Å². The fraction of sp³-hybridized carbons (Fsp3) is 0.300. The minimum absolute atomic E-state index is 0.421. The summed E-state index contributed by atoms with van der Waals surface area (Å²) in [4.78, 5) is 11.1. The largest absolute Gasteiger partial charge is 0.366 e. The minimum atomic E-state index is -0.431. The molecule has 0 aromatic heterocycles. The molecule has 0 fully saturated rings. The lowest BCUT2D eigenvalue weighted by atomic mass is 10.0. The van der Waals surface area contributed by atoms with Crippen molar-refractivity contribution in [3.05, 3.63) is 32.2 Å². The van der Waals surface area contributed by atoms with Crippen LogP contribution < -0.4 is 5.73 Å². The van der Waals surface area contributed by atoms with Crippen molar-refractivity contribution in [2.45, 2.75) is 19.8 Å². The molecule has 0 heterocycles. The van der Waals surface area contributed by atoms with E-state index in [0.29, 0.717) is 11.5 Å². The van der Waals surface area contributed by atoms with E-state index in [2.05, 4.69) is 45.7 Å². The zero-order valence-electron chi connectivity index (χ0n) is 7.97. The molecule has 0 radical (unpaired) electrons. The van der Waals surface area contributed by atoms with Crippen LogP contribution in [0.3, 0.4) is 0 Å². The highest BCUT2D eigenvalue weighted by atomic mass is 79.9. The average molecular weight is 321 g/mol. The fourth-order valence-corrected chi connectivity index (χ4v) is 2.77. The van der Waals surface area contributed by atoms with Crippen molar-refractivity contribution in [1.29, 1.82) is 0 Å². The first-order chi connectivity index (χ1) is 6.43. The number of carbonyl (C=O) groups is 1. The molecule has 2 nitrogen and oxygen atoms in total. The Morgan fingerprint density at radius 2 is 1.71 bits per heavy atom. The Kier molecular flexibility index (Phi) is 3.72. The monoisotopic (exact) mass is 319 g/mol. The number of halogens is 2. The zero-order chi connectivity index (χ0) is 10.9. The number of primary amides is 1. The molecule has 0 aliphatic heterocycles. The van der Waals surface area contributed by atoms with E-state index in [-0.39, 0.29) is 0 Å². The van der Waals surface area contributed by atoms with Crippen LogP contribution in [0.5, 0.6) is 0 Å². The van der Waals surface area contributed by atoms with E-state index in [9.17, 15) is 4.79 Å². The molecule has 1 rings (SSSR count). The van der Waals surface area contributed by atoms with Gasteiger partial charge < -0.3 is 5.73 Å². The van der Waals surface area contributed by atoms with Gasteiger partial charge in [0.05, 0.1) is 5.56 Å². The third-order valence-electron chi connectivity index (χ3n) is 1.98. The van der Waals surface area contributed by atoms with Gasteiger partial charge in [0.25, 0.3) is 5.91 Å². The Labute approximate surface area is 100 Å². The fourth-order valence-electron chi connectivity index (χ4n) is 1.16. The number of hydrogen-bond acceptors (Lipinski definition) is 1. The van der Waals surface area contributed by atoms with E-state index in [1.54, 1.807) is 0 Å². The number of amides is 1. The Balaban J connectivity index is 3.32. The highest BCUT2D eigenvalue weighted by Gasteiger charge is 2.13. The van der Waals surface area contributed by atoms with Gasteiger partial charge in [0.2, 0.25) is 0 Å².